The molecule has 0 aliphatic heterocycles. The molecule has 0 N–H and O–H groups in total. The Bertz CT molecular complexity index is 1170. The number of benzene rings is 2. The molecule has 1 heterocycles. The molecule has 1 amide bonds. The first kappa shape index (κ1) is 22.0. The number of hydrogen-bond donors (Lipinski definition) is 0. The van der Waals surface area contributed by atoms with Crippen molar-refractivity contribution < 1.29 is 4.79 Å². The normalized spacial score (nSPS) is 12.8. The van der Waals surface area contributed by atoms with Crippen LogP contribution in [-0.4, -0.2) is 33.3 Å². The van der Waals surface area contributed by atoms with Crippen molar-refractivity contribution in [1.82, 2.24) is 14.5 Å². The number of para-hydroxylation sites is 1. The van der Waals surface area contributed by atoms with E-state index in [0.29, 0.717) is 16.7 Å². The Labute approximate surface area is 182 Å². The topological polar surface area (TPSA) is 55.2 Å². The van der Waals surface area contributed by atoms with Crippen molar-refractivity contribution in [2.45, 2.75) is 40.7 Å². The van der Waals surface area contributed by atoms with Gasteiger partial charge in [-0.2, -0.15) is 0 Å². The lowest BCUT2D eigenvalue weighted by atomic mass is 9.94. The third kappa shape index (κ3) is 3.86. The number of nitrogens with zero attached hydrogens (tertiary/aromatic N) is 3. The van der Waals surface area contributed by atoms with Gasteiger partial charge in [0.05, 0.1) is 28.0 Å². The minimum absolute atomic E-state index is 0.0981. The average Bonchev–Trinajstić information content (AvgIpc) is 2.74. The summed E-state index contributed by atoms with van der Waals surface area (Å²) in [5, 5.41) is 0.543. The second kappa shape index (κ2) is 8.23. The van der Waals surface area contributed by atoms with Crippen molar-refractivity contribution in [3.63, 3.8) is 0 Å². The molecule has 0 bridgehead atoms. The average molecular weight is 426 g/mol. The number of aromatic nitrogens is 2. The van der Waals surface area contributed by atoms with E-state index in [-0.39, 0.29) is 17.3 Å². The van der Waals surface area contributed by atoms with Crippen LogP contribution < -0.4 is 5.56 Å². The predicted octanol–water partition coefficient (Wildman–Crippen LogP) is 4.79. The van der Waals surface area contributed by atoms with Crippen LogP contribution in [0, 0.1) is 19.3 Å². The molecule has 0 saturated heterocycles. The molecular weight excluding hydrogens is 398 g/mol. The molecule has 0 fully saturated rings. The fourth-order valence-electron chi connectivity index (χ4n) is 3.43. The van der Waals surface area contributed by atoms with Crippen LogP contribution >= 0.6 is 11.6 Å². The highest BCUT2D eigenvalue weighted by atomic mass is 35.5. The van der Waals surface area contributed by atoms with E-state index in [1.54, 1.807) is 22.6 Å². The maximum absolute atomic E-state index is 13.5. The third-order valence-electron chi connectivity index (χ3n) is 5.74. The fraction of sp³-hybridized carbons (Fsp3) is 0.375. The Hall–Kier alpha value is -2.66. The molecule has 30 heavy (non-hydrogen) atoms. The van der Waals surface area contributed by atoms with E-state index in [2.05, 4.69) is 0 Å². The highest BCUT2D eigenvalue weighted by Gasteiger charge is 2.33. The van der Waals surface area contributed by atoms with Crippen molar-refractivity contribution in [3.8, 4) is 5.69 Å². The smallest absolute Gasteiger partial charge is 0.266 e. The van der Waals surface area contributed by atoms with Crippen LogP contribution in [0.1, 0.15) is 43.8 Å². The van der Waals surface area contributed by atoms with Gasteiger partial charge in [-0.1, -0.05) is 18.2 Å². The second-order valence-electron chi connectivity index (χ2n) is 8.51. The van der Waals surface area contributed by atoms with Crippen LogP contribution in [0.5, 0.6) is 0 Å². The van der Waals surface area contributed by atoms with Gasteiger partial charge in [-0.15, -0.1) is 11.6 Å². The van der Waals surface area contributed by atoms with E-state index in [9.17, 15) is 9.59 Å². The SMILES string of the molecule is Cc1ccc(-n2c(C(C)N(C)C(=O)C(C)(C)CCl)nc3ccccc3c2=O)cc1C. The van der Waals surface area contributed by atoms with Gasteiger partial charge in [0.25, 0.3) is 5.56 Å². The third-order valence-corrected chi connectivity index (χ3v) is 6.41. The summed E-state index contributed by atoms with van der Waals surface area (Å²) in [6.07, 6.45) is 0. The number of alkyl halides is 1. The number of amides is 1. The Morgan fingerprint density at radius 2 is 1.83 bits per heavy atom. The summed E-state index contributed by atoms with van der Waals surface area (Å²) in [5.41, 5.74) is 2.71. The predicted molar refractivity (Wildman–Crippen MR) is 123 cm³/mol. The van der Waals surface area contributed by atoms with E-state index in [1.807, 2.05) is 71.0 Å². The largest absolute Gasteiger partial charge is 0.335 e. The molecule has 6 heteroatoms. The fourth-order valence-corrected chi connectivity index (χ4v) is 3.54. The Morgan fingerprint density at radius 1 is 1.17 bits per heavy atom. The molecule has 1 aromatic heterocycles. The molecule has 0 spiro atoms. The molecule has 0 saturated carbocycles. The summed E-state index contributed by atoms with van der Waals surface area (Å²) in [6, 6.07) is 12.7. The molecule has 3 rings (SSSR count). The van der Waals surface area contributed by atoms with Crippen LogP contribution in [0.25, 0.3) is 16.6 Å². The number of carbonyl (C=O) groups excluding carboxylic acids is 1. The van der Waals surface area contributed by atoms with Crippen LogP contribution in [0.2, 0.25) is 0 Å². The minimum atomic E-state index is -0.715. The summed E-state index contributed by atoms with van der Waals surface area (Å²) in [6.45, 7) is 9.56. The highest BCUT2D eigenvalue weighted by Crippen LogP contribution is 2.28. The number of halogens is 1. The number of aryl methyl sites for hydroxylation is 2. The molecule has 5 nitrogen and oxygen atoms in total. The minimum Gasteiger partial charge on any atom is -0.335 e. The van der Waals surface area contributed by atoms with Crippen molar-refractivity contribution in [2.75, 3.05) is 12.9 Å². The van der Waals surface area contributed by atoms with Crippen LogP contribution in [0.4, 0.5) is 0 Å². The lowest BCUT2D eigenvalue weighted by Crippen LogP contribution is -2.42. The maximum atomic E-state index is 13.5. The summed E-state index contributed by atoms with van der Waals surface area (Å²) in [5.74, 6) is 0.625. The van der Waals surface area contributed by atoms with Gasteiger partial charge in [-0.25, -0.2) is 4.98 Å². The monoisotopic (exact) mass is 425 g/mol. The number of hydrogen-bond acceptors (Lipinski definition) is 3. The van der Waals surface area contributed by atoms with Crippen LogP contribution in [0.15, 0.2) is 47.3 Å². The second-order valence-corrected chi connectivity index (χ2v) is 8.77. The van der Waals surface area contributed by atoms with E-state index >= 15 is 0 Å². The number of rotatable bonds is 5. The molecular formula is C24H28ClN3O2. The quantitative estimate of drug-likeness (QED) is 0.552. The maximum Gasteiger partial charge on any atom is 0.266 e. The van der Waals surface area contributed by atoms with Crippen molar-refractivity contribution in [3.05, 3.63) is 69.8 Å². The zero-order chi connectivity index (χ0) is 22.2. The Kier molecular flexibility index (Phi) is 6.04. The lowest BCUT2D eigenvalue weighted by Gasteiger charge is -2.32. The molecule has 1 atom stereocenters. The van der Waals surface area contributed by atoms with Crippen LogP contribution in [0.3, 0.4) is 0 Å². The van der Waals surface area contributed by atoms with E-state index < -0.39 is 11.5 Å². The molecule has 1 unspecified atom stereocenters. The number of fused-ring (bicyclic) bond motifs is 1. The van der Waals surface area contributed by atoms with Crippen LogP contribution in [-0.2, 0) is 4.79 Å². The van der Waals surface area contributed by atoms with Gasteiger partial charge in [0.2, 0.25) is 5.91 Å². The van der Waals surface area contributed by atoms with Gasteiger partial charge in [0, 0.05) is 12.9 Å². The van der Waals surface area contributed by atoms with Crippen molar-refractivity contribution >= 4 is 28.4 Å². The molecule has 0 aliphatic carbocycles. The molecule has 0 radical (unpaired) electrons. The summed E-state index contributed by atoms with van der Waals surface area (Å²) in [4.78, 5) is 33.0. The Balaban J connectivity index is 2.26. The summed E-state index contributed by atoms with van der Waals surface area (Å²) >= 11 is 6.03. The van der Waals surface area contributed by atoms with E-state index in [1.165, 1.54) is 0 Å². The molecule has 0 aliphatic rings. The van der Waals surface area contributed by atoms with E-state index in [0.717, 1.165) is 16.8 Å². The lowest BCUT2D eigenvalue weighted by molar-refractivity contribution is -0.140. The van der Waals surface area contributed by atoms with Gasteiger partial charge >= 0.3 is 0 Å². The zero-order valence-corrected chi connectivity index (χ0v) is 19.1. The van der Waals surface area contributed by atoms with Crippen molar-refractivity contribution in [2.24, 2.45) is 5.41 Å². The van der Waals surface area contributed by atoms with Gasteiger partial charge in [0.15, 0.2) is 0 Å². The van der Waals surface area contributed by atoms with E-state index in [4.69, 9.17) is 16.6 Å². The summed E-state index contributed by atoms with van der Waals surface area (Å²) < 4.78 is 1.62. The molecule has 2 aromatic carbocycles. The number of carbonyl (C=O) groups is 1. The van der Waals surface area contributed by atoms with Gasteiger partial charge in [-0.05, 0) is 70.0 Å². The van der Waals surface area contributed by atoms with Gasteiger partial charge in [0.1, 0.15) is 5.82 Å². The zero-order valence-electron chi connectivity index (χ0n) is 18.4. The van der Waals surface area contributed by atoms with Gasteiger partial charge < -0.3 is 4.90 Å². The Morgan fingerprint density at radius 3 is 2.47 bits per heavy atom. The molecule has 3 aromatic rings. The first-order valence-corrected chi connectivity index (χ1v) is 10.5. The standard InChI is InChI=1S/C24H28ClN3O2/c1-15-11-12-18(13-16(15)2)28-21(17(3)27(6)23(30)24(4,5)14-25)26-20-10-8-7-9-19(20)22(28)29/h7-13,17H,14H2,1-6H3. The van der Waals surface area contributed by atoms with Crippen molar-refractivity contribution in [1.29, 1.82) is 0 Å². The first-order chi connectivity index (χ1) is 14.1. The highest BCUT2D eigenvalue weighted by molar-refractivity contribution is 6.19. The molecule has 158 valence electrons. The summed E-state index contributed by atoms with van der Waals surface area (Å²) in [7, 11) is 1.73. The van der Waals surface area contributed by atoms with Gasteiger partial charge in [-0.3, -0.25) is 14.2 Å². The first-order valence-electron chi connectivity index (χ1n) is 10.0.